The highest BCUT2D eigenvalue weighted by atomic mass is 32.2. The molecule has 0 saturated carbocycles. The zero-order chi connectivity index (χ0) is 27.5. The predicted octanol–water partition coefficient (Wildman–Crippen LogP) is 2.89. The number of sulfone groups is 1. The monoisotopic (exact) mass is 546 g/mol. The number of hydrogen-bond donors (Lipinski definition) is 4. The number of nitrogens with one attached hydrogen (secondary N) is 2. The molecular formula is C25H30N4O6S2. The van der Waals surface area contributed by atoms with Gasteiger partial charge in [0.1, 0.15) is 6.04 Å². The van der Waals surface area contributed by atoms with E-state index in [1.807, 2.05) is 5.48 Å². The van der Waals surface area contributed by atoms with Gasteiger partial charge >= 0.3 is 0 Å². The average molecular weight is 547 g/mol. The lowest BCUT2D eigenvalue weighted by atomic mass is 9.98. The summed E-state index contributed by atoms with van der Waals surface area (Å²) in [6.45, 7) is 1.72. The van der Waals surface area contributed by atoms with Gasteiger partial charge in [-0.3, -0.25) is 15.5 Å². The van der Waals surface area contributed by atoms with Crippen molar-refractivity contribution in [3.8, 4) is 11.1 Å². The number of hydrogen-bond acceptors (Lipinski definition) is 8. The van der Waals surface area contributed by atoms with Gasteiger partial charge in [0.05, 0.1) is 22.5 Å². The highest BCUT2D eigenvalue weighted by molar-refractivity contribution is 7.90. The fraction of sp³-hybridized carbons (Fsp3) is 0.240. The summed E-state index contributed by atoms with van der Waals surface area (Å²) < 4.78 is 49.9. The maximum atomic E-state index is 13.3. The summed E-state index contributed by atoms with van der Waals surface area (Å²) in [7, 11) is -5.84. The summed E-state index contributed by atoms with van der Waals surface area (Å²) in [6, 6.07) is 15.3. The van der Waals surface area contributed by atoms with Gasteiger partial charge in [-0.1, -0.05) is 36.4 Å². The van der Waals surface area contributed by atoms with E-state index >= 15 is 0 Å². The average Bonchev–Trinajstić information content (AvgIpc) is 2.84. The summed E-state index contributed by atoms with van der Waals surface area (Å²) in [5, 5.41) is 11.9. The molecule has 198 valence electrons. The van der Waals surface area contributed by atoms with E-state index < -0.39 is 31.8 Å². The first-order valence-corrected chi connectivity index (χ1v) is 14.9. The van der Waals surface area contributed by atoms with Gasteiger partial charge in [0.25, 0.3) is 0 Å². The number of nitrogens with two attached hydrogens (primary N) is 1. The van der Waals surface area contributed by atoms with Crippen LogP contribution in [0.3, 0.4) is 0 Å². The minimum atomic E-state index is -3.72. The fourth-order valence-electron chi connectivity index (χ4n) is 3.91. The summed E-state index contributed by atoms with van der Waals surface area (Å²) in [4.78, 5) is 13.5. The third kappa shape index (κ3) is 6.46. The van der Waals surface area contributed by atoms with Gasteiger partial charge in [-0.25, -0.2) is 16.8 Å². The molecule has 1 atom stereocenters. The predicted molar refractivity (Wildman–Crippen MR) is 145 cm³/mol. The number of rotatable bonds is 9. The van der Waals surface area contributed by atoms with Crippen molar-refractivity contribution in [2.24, 2.45) is 0 Å². The number of nitrogen functional groups attached to an aromatic ring is 1. The Labute approximate surface area is 217 Å². The number of nitrogens with zero attached hydrogens (tertiary/aromatic N) is 1. The first kappa shape index (κ1) is 28.1. The summed E-state index contributed by atoms with van der Waals surface area (Å²) in [6.07, 6.45) is 2.19. The first-order chi connectivity index (χ1) is 17.2. The molecule has 0 fully saturated rings. The van der Waals surface area contributed by atoms with Crippen molar-refractivity contribution in [2.45, 2.75) is 24.3 Å². The standard InChI is InChI=1S/C25H30N4O6S2/c1-16-18(11-14-21(28-31)24(16)26)15-22(29(2)37(4,34)35)25(30)27-19-12-9-17(10-13-19)20-7-5-6-8-23(20)36(3,32)33/h5-14,22,28,31H,15,26H2,1-4H3,(H,27,30)/t22-/m0/s1. The van der Waals surface area contributed by atoms with Crippen molar-refractivity contribution >= 4 is 42.8 Å². The van der Waals surface area contributed by atoms with Crippen LogP contribution in [0.2, 0.25) is 0 Å². The number of likely N-dealkylation sites (N-methyl/N-ethyl adjacent to an activating group) is 1. The number of sulfonamides is 1. The number of benzene rings is 3. The number of carbonyl (C=O) groups is 1. The Kier molecular flexibility index (Phi) is 8.28. The van der Waals surface area contributed by atoms with E-state index in [2.05, 4.69) is 5.32 Å². The second-order valence-electron chi connectivity index (χ2n) is 8.76. The molecule has 0 saturated heterocycles. The molecule has 0 aliphatic heterocycles. The van der Waals surface area contributed by atoms with Crippen molar-refractivity contribution in [3.05, 3.63) is 71.8 Å². The van der Waals surface area contributed by atoms with Gasteiger partial charge in [-0.2, -0.15) is 4.31 Å². The molecule has 3 aromatic carbocycles. The van der Waals surface area contributed by atoms with Crippen molar-refractivity contribution in [1.82, 2.24) is 4.31 Å². The SMILES string of the molecule is Cc1c(C[C@@H](C(=O)Nc2ccc(-c3ccccc3S(C)(=O)=O)cc2)N(C)S(C)(=O)=O)ccc(NO)c1N. The quantitative estimate of drug-likeness (QED) is 0.236. The van der Waals surface area contributed by atoms with Crippen molar-refractivity contribution in [1.29, 1.82) is 0 Å². The molecule has 0 bridgehead atoms. The molecule has 10 nitrogen and oxygen atoms in total. The van der Waals surface area contributed by atoms with E-state index in [9.17, 15) is 26.8 Å². The van der Waals surface area contributed by atoms with E-state index in [-0.39, 0.29) is 17.0 Å². The van der Waals surface area contributed by atoms with Crippen LogP contribution < -0.4 is 16.5 Å². The molecular weight excluding hydrogens is 516 g/mol. The molecule has 0 heterocycles. The van der Waals surface area contributed by atoms with E-state index in [4.69, 9.17) is 5.73 Å². The van der Waals surface area contributed by atoms with E-state index in [0.717, 1.165) is 16.8 Å². The maximum Gasteiger partial charge on any atom is 0.243 e. The third-order valence-electron chi connectivity index (χ3n) is 6.18. The lowest BCUT2D eigenvalue weighted by Gasteiger charge is -2.26. The zero-order valence-electron chi connectivity index (χ0n) is 20.9. The van der Waals surface area contributed by atoms with Gasteiger partial charge in [-0.05, 0) is 54.3 Å². The van der Waals surface area contributed by atoms with Crippen LogP contribution in [0.5, 0.6) is 0 Å². The van der Waals surface area contributed by atoms with Crippen LogP contribution in [0.1, 0.15) is 11.1 Å². The first-order valence-electron chi connectivity index (χ1n) is 11.2. The molecule has 0 spiro atoms. The van der Waals surface area contributed by atoms with E-state index in [1.54, 1.807) is 61.5 Å². The normalized spacial score (nSPS) is 12.8. The van der Waals surface area contributed by atoms with Crippen LogP contribution >= 0.6 is 0 Å². The van der Waals surface area contributed by atoms with Crippen LogP contribution in [0.15, 0.2) is 65.6 Å². The highest BCUT2D eigenvalue weighted by Crippen LogP contribution is 2.29. The van der Waals surface area contributed by atoms with Crippen molar-refractivity contribution in [3.63, 3.8) is 0 Å². The van der Waals surface area contributed by atoms with Gasteiger partial charge in [0.2, 0.25) is 15.9 Å². The van der Waals surface area contributed by atoms with Gasteiger partial charge in [-0.15, -0.1) is 0 Å². The molecule has 0 aliphatic rings. The smallest absolute Gasteiger partial charge is 0.243 e. The van der Waals surface area contributed by atoms with E-state index in [1.165, 1.54) is 13.1 Å². The third-order valence-corrected chi connectivity index (χ3v) is 8.63. The molecule has 3 rings (SSSR count). The molecule has 37 heavy (non-hydrogen) atoms. The molecule has 0 aliphatic carbocycles. The van der Waals surface area contributed by atoms with Gasteiger partial charge in [0.15, 0.2) is 9.84 Å². The van der Waals surface area contributed by atoms with Gasteiger partial charge < -0.3 is 11.1 Å². The lowest BCUT2D eigenvalue weighted by molar-refractivity contribution is -0.119. The second kappa shape index (κ2) is 10.9. The topological polar surface area (TPSA) is 159 Å². The summed E-state index contributed by atoms with van der Waals surface area (Å²) in [5.74, 6) is -0.556. The molecule has 0 aromatic heterocycles. The van der Waals surface area contributed by atoms with E-state index in [0.29, 0.717) is 33.6 Å². The minimum absolute atomic E-state index is 0.0387. The Hall–Kier alpha value is -3.45. The number of anilines is 3. The molecule has 0 unspecified atom stereocenters. The molecule has 5 N–H and O–H groups in total. The number of carbonyl (C=O) groups excluding carboxylic acids is 1. The Morgan fingerprint density at radius 1 is 1.00 bits per heavy atom. The summed E-state index contributed by atoms with van der Waals surface area (Å²) in [5.41, 5.74) is 11.5. The fourth-order valence-corrected chi connectivity index (χ4v) is 5.45. The molecule has 1 amide bonds. The lowest BCUT2D eigenvalue weighted by Crippen LogP contribution is -2.46. The highest BCUT2D eigenvalue weighted by Gasteiger charge is 2.30. The van der Waals surface area contributed by atoms with Gasteiger partial charge in [0, 0.05) is 24.6 Å². The van der Waals surface area contributed by atoms with Crippen LogP contribution in [-0.4, -0.2) is 57.9 Å². The number of amides is 1. The zero-order valence-corrected chi connectivity index (χ0v) is 22.5. The second-order valence-corrected chi connectivity index (χ2v) is 12.8. The van der Waals surface area contributed by atoms with Crippen LogP contribution in [-0.2, 0) is 31.1 Å². The van der Waals surface area contributed by atoms with Crippen LogP contribution in [0, 0.1) is 6.92 Å². The Bertz CT molecular complexity index is 1520. The van der Waals surface area contributed by atoms with Crippen molar-refractivity contribution < 1.29 is 26.8 Å². The van der Waals surface area contributed by atoms with Crippen molar-refractivity contribution in [2.75, 3.05) is 36.1 Å². The van der Waals surface area contributed by atoms with Crippen LogP contribution in [0.4, 0.5) is 17.1 Å². The Morgan fingerprint density at radius 2 is 1.62 bits per heavy atom. The van der Waals surface area contributed by atoms with Crippen LogP contribution in [0.25, 0.3) is 11.1 Å². The maximum absolute atomic E-state index is 13.3. The largest absolute Gasteiger partial charge is 0.397 e. The Balaban J connectivity index is 1.90. The minimum Gasteiger partial charge on any atom is -0.397 e. The molecule has 0 radical (unpaired) electrons. The summed E-state index contributed by atoms with van der Waals surface area (Å²) >= 11 is 0. The molecule has 12 heteroatoms. The molecule has 3 aromatic rings. The Morgan fingerprint density at radius 3 is 2.19 bits per heavy atom.